The molecule has 0 heterocycles. The van der Waals surface area contributed by atoms with Gasteiger partial charge in [-0.05, 0) is 19.1 Å². The van der Waals surface area contributed by atoms with Gasteiger partial charge in [0, 0.05) is 6.42 Å². The first-order valence-electron chi connectivity index (χ1n) is 6.31. The van der Waals surface area contributed by atoms with Crippen LogP contribution in [-0.2, 0) is 14.3 Å². The van der Waals surface area contributed by atoms with Crippen molar-refractivity contribution < 1.29 is 23.9 Å². The van der Waals surface area contributed by atoms with Crippen molar-refractivity contribution in [2.45, 2.75) is 26.3 Å². The molecule has 0 radical (unpaired) electrons. The lowest BCUT2D eigenvalue weighted by Crippen LogP contribution is -2.48. The number of ether oxygens (including phenoxy) is 2. The summed E-state index contributed by atoms with van der Waals surface area (Å²) in [6, 6.07) is 7.00. The summed E-state index contributed by atoms with van der Waals surface area (Å²) in [4.78, 5) is 34.9. The van der Waals surface area contributed by atoms with Crippen molar-refractivity contribution >= 4 is 17.8 Å². The molecule has 0 spiro atoms. The van der Waals surface area contributed by atoms with Crippen LogP contribution in [-0.4, -0.2) is 30.5 Å². The molecule has 20 heavy (non-hydrogen) atoms. The van der Waals surface area contributed by atoms with Gasteiger partial charge in [-0.1, -0.05) is 25.1 Å². The number of Topliss-reactive ketones (excluding diaryl/α,β-unsaturated/α-hetero) is 1. The molecule has 0 bridgehead atoms. The number of carbonyl (C=O) groups excluding carboxylic acids is 3. The quantitative estimate of drug-likeness (QED) is 0.633. The molecular formula is C14H17NO5. The van der Waals surface area contributed by atoms with Crippen LogP contribution in [0.3, 0.4) is 0 Å². The summed E-state index contributed by atoms with van der Waals surface area (Å²) in [5.41, 5.74) is 0. The first kappa shape index (κ1) is 15.7. The molecule has 108 valence electrons. The van der Waals surface area contributed by atoms with Gasteiger partial charge < -0.3 is 14.8 Å². The van der Waals surface area contributed by atoms with Gasteiger partial charge in [0.15, 0.2) is 11.8 Å². The van der Waals surface area contributed by atoms with E-state index >= 15 is 0 Å². The van der Waals surface area contributed by atoms with Gasteiger partial charge in [0.05, 0.1) is 6.61 Å². The summed E-state index contributed by atoms with van der Waals surface area (Å²) >= 11 is 0. The zero-order valence-corrected chi connectivity index (χ0v) is 11.4. The fourth-order valence-electron chi connectivity index (χ4n) is 1.44. The Kier molecular flexibility index (Phi) is 6.22. The maximum Gasteiger partial charge on any atom is 0.413 e. The molecule has 1 aromatic rings. The van der Waals surface area contributed by atoms with E-state index in [4.69, 9.17) is 9.47 Å². The molecule has 0 aliphatic carbocycles. The number of nitrogens with one attached hydrogen (secondary N) is 1. The highest BCUT2D eigenvalue weighted by Crippen LogP contribution is 2.08. The van der Waals surface area contributed by atoms with Crippen LogP contribution in [0.15, 0.2) is 30.3 Å². The van der Waals surface area contributed by atoms with E-state index in [9.17, 15) is 14.4 Å². The number of hydrogen-bond donors (Lipinski definition) is 1. The third-order valence-corrected chi connectivity index (χ3v) is 2.41. The smallest absolute Gasteiger partial charge is 0.413 e. The third-order valence-electron chi connectivity index (χ3n) is 2.41. The molecule has 1 atom stereocenters. The van der Waals surface area contributed by atoms with Crippen LogP contribution < -0.4 is 10.1 Å². The molecule has 1 N–H and O–H groups in total. The van der Waals surface area contributed by atoms with Crippen LogP contribution in [0.1, 0.15) is 20.3 Å². The SMILES string of the molecule is CCOC(=O)C(NC(=O)Oc1ccccc1)C(=O)CC. The van der Waals surface area contributed by atoms with Gasteiger partial charge in [-0.25, -0.2) is 9.59 Å². The van der Waals surface area contributed by atoms with E-state index in [1.807, 2.05) is 0 Å². The average Bonchev–Trinajstić information content (AvgIpc) is 2.45. The molecule has 1 aromatic carbocycles. The Morgan fingerprint density at radius 1 is 1.15 bits per heavy atom. The maximum absolute atomic E-state index is 11.7. The van der Waals surface area contributed by atoms with Gasteiger partial charge >= 0.3 is 12.1 Å². The Balaban J connectivity index is 2.67. The zero-order chi connectivity index (χ0) is 15.0. The van der Waals surface area contributed by atoms with Crippen molar-refractivity contribution in [1.82, 2.24) is 5.32 Å². The molecule has 0 fully saturated rings. The van der Waals surface area contributed by atoms with E-state index in [0.29, 0.717) is 5.75 Å². The second-order valence-electron chi connectivity index (χ2n) is 3.85. The van der Waals surface area contributed by atoms with E-state index in [1.165, 1.54) is 0 Å². The molecule has 1 amide bonds. The van der Waals surface area contributed by atoms with Crippen LogP contribution in [0.4, 0.5) is 4.79 Å². The van der Waals surface area contributed by atoms with E-state index < -0.39 is 23.9 Å². The van der Waals surface area contributed by atoms with E-state index in [0.717, 1.165) is 0 Å². The topological polar surface area (TPSA) is 81.7 Å². The van der Waals surface area contributed by atoms with Gasteiger partial charge in [-0.2, -0.15) is 0 Å². The first-order chi connectivity index (χ1) is 9.58. The normalized spacial score (nSPS) is 11.3. The summed E-state index contributed by atoms with van der Waals surface area (Å²) in [5.74, 6) is -0.908. The summed E-state index contributed by atoms with van der Waals surface area (Å²) in [6.07, 6.45) is -0.772. The second-order valence-corrected chi connectivity index (χ2v) is 3.85. The highest BCUT2D eigenvalue weighted by molar-refractivity contribution is 6.05. The van der Waals surface area contributed by atoms with Crippen LogP contribution >= 0.6 is 0 Å². The predicted molar refractivity (Wildman–Crippen MR) is 71.3 cm³/mol. The van der Waals surface area contributed by atoms with E-state index in [-0.39, 0.29) is 13.0 Å². The Hall–Kier alpha value is -2.37. The van der Waals surface area contributed by atoms with Gasteiger partial charge in [0.25, 0.3) is 0 Å². The van der Waals surface area contributed by atoms with Crippen molar-refractivity contribution in [3.8, 4) is 5.75 Å². The molecular weight excluding hydrogens is 262 g/mol. The van der Waals surface area contributed by atoms with Crippen molar-refractivity contribution in [2.75, 3.05) is 6.61 Å². The van der Waals surface area contributed by atoms with Gasteiger partial charge in [-0.15, -0.1) is 0 Å². The lowest BCUT2D eigenvalue weighted by molar-refractivity contribution is -0.148. The summed E-state index contributed by atoms with van der Waals surface area (Å²) in [5, 5.41) is 2.22. The maximum atomic E-state index is 11.7. The number of esters is 1. The van der Waals surface area contributed by atoms with Crippen LogP contribution in [0.25, 0.3) is 0 Å². The van der Waals surface area contributed by atoms with Gasteiger partial charge in [-0.3, -0.25) is 4.79 Å². The molecule has 0 aliphatic rings. The van der Waals surface area contributed by atoms with Crippen molar-refractivity contribution in [2.24, 2.45) is 0 Å². The molecule has 6 heteroatoms. The number of hydrogen-bond acceptors (Lipinski definition) is 5. The lowest BCUT2D eigenvalue weighted by atomic mass is 10.1. The highest BCUT2D eigenvalue weighted by Gasteiger charge is 2.29. The van der Waals surface area contributed by atoms with Crippen molar-refractivity contribution in [3.05, 3.63) is 30.3 Å². The molecule has 0 aromatic heterocycles. The Morgan fingerprint density at radius 3 is 2.35 bits per heavy atom. The minimum atomic E-state index is -1.34. The molecule has 0 aliphatic heterocycles. The second kappa shape index (κ2) is 7.93. The van der Waals surface area contributed by atoms with Gasteiger partial charge in [0.2, 0.25) is 0 Å². The van der Waals surface area contributed by atoms with Crippen molar-refractivity contribution in [3.63, 3.8) is 0 Å². The Morgan fingerprint density at radius 2 is 1.80 bits per heavy atom. The molecule has 0 saturated heterocycles. The van der Waals surface area contributed by atoms with Crippen LogP contribution in [0.2, 0.25) is 0 Å². The average molecular weight is 279 g/mol. The molecule has 1 rings (SSSR count). The summed E-state index contributed by atoms with van der Waals surface area (Å²) < 4.78 is 9.71. The zero-order valence-electron chi connectivity index (χ0n) is 11.4. The standard InChI is InChI=1S/C14H17NO5/c1-3-11(16)12(13(17)19-4-2)15-14(18)20-10-8-6-5-7-9-10/h5-9,12H,3-4H2,1-2H3,(H,15,18). The minimum Gasteiger partial charge on any atom is -0.464 e. The predicted octanol–water partition coefficient (Wildman–Crippen LogP) is 1.69. The lowest BCUT2D eigenvalue weighted by Gasteiger charge is -2.15. The third kappa shape index (κ3) is 4.72. The minimum absolute atomic E-state index is 0.106. The fourth-order valence-corrected chi connectivity index (χ4v) is 1.44. The number of ketones is 1. The monoisotopic (exact) mass is 279 g/mol. The number of carbonyl (C=O) groups is 3. The number of para-hydroxylation sites is 1. The molecule has 6 nitrogen and oxygen atoms in total. The van der Waals surface area contributed by atoms with E-state index in [2.05, 4.69) is 5.32 Å². The van der Waals surface area contributed by atoms with E-state index in [1.54, 1.807) is 44.2 Å². The molecule has 0 saturated carbocycles. The first-order valence-corrected chi connectivity index (χ1v) is 6.31. The Labute approximate surface area is 117 Å². The number of benzene rings is 1. The summed E-state index contributed by atoms with van der Waals surface area (Å²) in [7, 11) is 0. The number of rotatable bonds is 6. The van der Waals surface area contributed by atoms with Crippen molar-refractivity contribution in [1.29, 1.82) is 0 Å². The highest BCUT2D eigenvalue weighted by atomic mass is 16.6. The fraction of sp³-hybridized carbons (Fsp3) is 0.357. The van der Waals surface area contributed by atoms with Gasteiger partial charge in [0.1, 0.15) is 5.75 Å². The Bertz CT molecular complexity index is 472. The summed E-state index contributed by atoms with van der Waals surface area (Å²) in [6.45, 7) is 3.34. The number of amides is 1. The molecule has 1 unspecified atom stereocenters. The van der Waals surface area contributed by atoms with Crippen LogP contribution in [0, 0.1) is 0 Å². The largest absolute Gasteiger partial charge is 0.464 e. The van der Waals surface area contributed by atoms with Crippen LogP contribution in [0.5, 0.6) is 5.75 Å².